The van der Waals surface area contributed by atoms with E-state index >= 15 is 0 Å². The van der Waals surface area contributed by atoms with E-state index in [9.17, 15) is 19.2 Å². The zero-order valence-corrected chi connectivity index (χ0v) is 14.4. The zero-order chi connectivity index (χ0) is 17.8. The summed E-state index contributed by atoms with van der Waals surface area (Å²) >= 11 is 2.58. The molecule has 2 heterocycles. The van der Waals surface area contributed by atoms with E-state index in [2.05, 4.69) is 10.6 Å². The molecule has 0 spiro atoms. The van der Waals surface area contributed by atoms with Crippen LogP contribution < -0.4 is 10.6 Å². The summed E-state index contributed by atoms with van der Waals surface area (Å²) in [6.07, 6.45) is 0. The lowest BCUT2D eigenvalue weighted by molar-refractivity contribution is -0.123. The monoisotopic (exact) mass is 376 g/mol. The Labute approximate surface area is 150 Å². The van der Waals surface area contributed by atoms with Gasteiger partial charge in [0.05, 0.1) is 21.9 Å². The summed E-state index contributed by atoms with van der Waals surface area (Å²) in [6, 6.07) is 8.03. The standard InChI is InChI=1S/C16H12N2O5S2/c19-13(18-15(21)12-2-1-5-24-12)7-23-16(22)9-3-4-11-10(6-9)17-14(20)8-25-11/h1-6H,7-8H2,(H,17,20)(H,18,19,21). The van der Waals surface area contributed by atoms with Crippen LogP contribution >= 0.6 is 23.1 Å². The van der Waals surface area contributed by atoms with Crippen molar-refractivity contribution in [3.63, 3.8) is 0 Å². The largest absolute Gasteiger partial charge is 0.452 e. The second-order valence-electron chi connectivity index (χ2n) is 4.98. The Morgan fingerprint density at radius 2 is 2.08 bits per heavy atom. The van der Waals surface area contributed by atoms with Gasteiger partial charge in [0.1, 0.15) is 0 Å². The highest BCUT2D eigenvalue weighted by Crippen LogP contribution is 2.32. The molecular formula is C16H12N2O5S2. The van der Waals surface area contributed by atoms with E-state index in [-0.39, 0.29) is 11.5 Å². The molecule has 0 radical (unpaired) electrons. The predicted octanol–water partition coefficient (Wildman–Crippen LogP) is 1.91. The van der Waals surface area contributed by atoms with E-state index in [0.717, 1.165) is 4.90 Å². The van der Waals surface area contributed by atoms with Crippen LogP contribution in [0.1, 0.15) is 20.0 Å². The van der Waals surface area contributed by atoms with Crippen LogP contribution in [-0.4, -0.2) is 36.1 Å². The Hall–Kier alpha value is -2.65. The lowest BCUT2D eigenvalue weighted by atomic mass is 10.2. The highest BCUT2D eigenvalue weighted by atomic mass is 32.2. The molecule has 2 N–H and O–H groups in total. The van der Waals surface area contributed by atoms with Gasteiger partial charge in [0.2, 0.25) is 5.91 Å². The number of esters is 1. The van der Waals surface area contributed by atoms with Crippen molar-refractivity contribution in [3.8, 4) is 0 Å². The topological polar surface area (TPSA) is 102 Å². The number of thioether (sulfide) groups is 1. The summed E-state index contributed by atoms with van der Waals surface area (Å²) < 4.78 is 4.91. The molecule has 2 aromatic rings. The van der Waals surface area contributed by atoms with E-state index in [1.165, 1.54) is 29.2 Å². The summed E-state index contributed by atoms with van der Waals surface area (Å²) in [4.78, 5) is 48.1. The van der Waals surface area contributed by atoms with Gasteiger partial charge in [-0.3, -0.25) is 19.7 Å². The highest BCUT2D eigenvalue weighted by molar-refractivity contribution is 8.00. The number of carbonyl (C=O) groups is 4. The summed E-state index contributed by atoms with van der Waals surface area (Å²) in [5.41, 5.74) is 0.743. The molecule has 128 valence electrons. The van der Waals surface area contributed by atoms with Gasteiger partial charge in [-0.05, 0) is 29.6 Å². The molecule has 0 saturated heterocycles. The van der Waals surface area contributed by atoms with Crippen LogP contribution in [0, 0.1) is 0 Å². The minimum absolute atomic E-state index is 0.144. The number of imide groups is 1. The number of anilines is 1. The number of ether oxygens (including phenoxy) is 1. The van der Waals surface area contributed by atoms with Crippen molar-refractivity contribution in [2.75, 3.05) is 17.7 Å². The van der Waals surface area contributed by atoms with Crippen molar-refractivity contribution < 1.29 is 23.9 Å². The molecule has 0 unspecified atom stereocenters. The van der Waals surface area contributed by atoms with Crippen LogP contribution in [0.5, 0.6) is 0 Å². The van der Waals surface area contributed by atoms with Crippen LogP contribution in [0.3, 0.4) is 0 Å². The fourth-order valence-electron chi connectivity index (χ4n) is 2.06. The first-order chi connectivity index (χ1) is 12.0. The van der Waals surface area contributed by atoms with E-state index < -0.39 is 24.4 Å². The number of fused-ring (bicyclic) bond motifs is 1. The number of benzene rings is 1. The van der Waals surface area contributed by atoms with Gasteiger partial charge in [-0.2, -0.15) is 0 Å². The zero-order valence-electron chi connectivity index (χ0n) is 12.7. The maximum atomic E-state index is 12.0. The molecule has 1 aromatic carbocycles. The SMILES string of the molecule is O=C(COC(=O)c1ccc2c(c1)NC(=O)CS2)NC(=O)c1cccs1. The lowest BCUT2D eigenvalue weighted by Gasteiger charge is -2.16. The normalized spacial score (nSPS) is 12.7. The second-order valence-corrected chi connectivity index (χ2v) is 6.94. The van der Waals surface area contributed by atoms with Crippen LogP contribution in [-0.2, 0) is 14.3 Å². The molecule has 0 bridgehead atoms. The van der Waals surface area contributed by atoms with Crippen molar-refractivity contribution in [3.05, 3.63) is 46.2 Å². The minimum atomic E-state index is -0.716. The molecule has 3 rings (SSSR count). The predicted molar refractivity (Wildman–Crippen MR) is 92.9 cm³/mol. The second kappa shape index (κ2) is 7.49. The summed E-state index contributed by atoms with van der Waals surface area (Å²) in [7, 11) is 0. The van der Waals surface area contributed by atoms with Crippen LogP contribution in [0.25, 0.3) is 0 Å². The average molecular weight is 376 g/mol. The van der Waals surface area contributed by atoms with Crippen molar-refractivity contribution in [2.24, 2.45) is 0 Å². The van der Waals surface area contributed by atoms with Gasteiger partial charge in [-0.25, -0.2) is 4.79 Å². The van der Waals surface area contributed by atoms with E-state index in [1.807, 2.05) is 0 Å². The van der Waals surface area contributed by atoms with Crippen LogP contribution in [0.2, 0.25) is 0 Å². The molecule has 0 fully saturated rings. The summed E-state index contributed by atoms with van der Waals surface area (Å²) in [5, 5.41) is 6.53. The molecule has 0 saturated carbocycles. The molecule has 1 aromatic heterocycles. The number of hydrogen-bond donors (Lipinski definition) is 2. The first-order valence-corrected chi connectivity index (χ1v) is 9.01. The third-order valence-electron chi connectivity index (χ3n) is 3.18. The van der Waals surface area contributed by atoms with E-state index in [4.69, 9.17) is 4.74 Å². The van der Waals surface area contributed by atoms with Crippen molar-refractivity contribution >= 4 is 52.5 Å². The van der Waals surface area contributed by atoms with Gasteiger partial charge in [0, 0.05) is 4.90 Å². The Balaban J connectivity index is 1.55. The Bertz CT molecular complexity index is 848. The molecule has 1 aliphatic heterocycles. The molecule has 9 heteroatoms. The third kappa shape index (κ3) is 4.25. The number of nitrogens with one attached hydrogen (secondary N) is 2. The first-order valence-electron chi connectivity index (χ1n) is 7.14. The number of amides is 3. The maximum Gasteiger partial charge on any atom is 0.338 e. The van der Waals surface area contributed by atoms with E-state index in [1.54, 1.807) is 29.6 Å². The number of thiophene rings is 1. The van der Waals surface area contributed by atoms with Gasteiger partial charge in [-0.15, -0.1) is 23.1 Å². The van der Waals surface area contributed by atoms with Gasteiger partial charge < -0.3 is 10.1 Å². The number of carbonyl (C=O) groups excluding carboxylic acids is 4. The number of rotatable bonds is 4. The fourth-order valence-corrected chi connectivity index (χ4v) is 3.46. The summed E-state index contributed by atoms with van der Waals surface area (Å²) in [5.74, 6) is -1.78. The third-order valence-corrected chi connectivity index (χ3v) is 5.12. The van der Waals surface area contributed by atoms with Crippen LogP contribution in [0.15, 0.2) is 40.6 Å². The maximum absolute atomic E-state index is 12.0. The van der Waals surface area contributed by atoms with Crippen molar-refractivity contribution in [1.29, 1.82) is 0 Å². The Kier molecular flexibility index (Phi) is 5.15. The molecule has 0 atom stereocenters. The summed E-state index contributed by atoms with van der Waals surface area (Å²) in [6.45, 7) is -0.575. The lowest BCUT2D eigenvalue weighted by Crippen LogP contribution is -2.33. The number of hydrogen-bond acceptors (Lipinski definition) is 7. The van der Waals surface area contributed by atoms with E-state index in [0.29, 0.717) is 16.3 Å². The molecule has 3 amide bonds. The molecular weight excluding hydrogens is 364 g/mol. The molecule has 0 aliphatic carbocycles. The van der Waals surface area contributed by atoms with Crippen molar-refractivity contribution in [1.82, 2.24) is 5.32 Å². The highest BCUT2D eigenvalue weighted by Gasteiger charge is 2.19. The van der Waals surface area contributed by atoms with Gasteiger partial charge in [0.25, 0.3) is 11.8 Å². The average Bonchev–Trinajstić information content (AvgIpc) is 3.13. The first kappa shape index (κ1) is 17.2. The fraction of sp³-hybridized carbons (Fsp3) is 0.125. The molecule has 7 nitrogen and oxygen atoms in total. The van der Waals surface area contributed by atoms with Gasteiger partial charge in [-0.1, -0.05) is 6.07 Å². The molecule has 1 aliphatic rings. The quantitative estimate of drug-likeness (QED) is 0.791. The Morgan fingerprint density at radius 3 is 2.84 bits per heavy atom. The van der Waals surface area contributed by atoms with Gasteiger partial charge >= 0.3 is 5.97 Å². The van der Waals surface area contributed by atoms with Gasteiger partial charge in [0.15, 0.2) is 6.61 Å². The Morgan fingerprint density at radius 1 is 1.24 bits per heavy atom. The smallest absolute Gasteiger partial charge is 0.338 e. The minimum Gasteiger partial charge on any atom is -0.452 e. The molecule has 25 heavy (non-hydrogen) atoms. The van der Waals surface area contributed by atoms with Crippen molar-refractivity contribution in [2.45, 2.75) is 4.90 Å². The van der Waals surface area contributed by atoms with Crippen LogP contribution in [0.4, 0.5) is 5.69 Å².